The average Bonchev–Trinajstić information content (AvgIpc) is 2.11. The van der Waals surface area contributed by atoms with E-state index in [0.29, 0.717) is 18.8 Å². The molecule has 1 atom stereocenters. The van der Waals surface area contributed by atoms with E-state index in [-0.39, 0.29) is 0 Å². The second kappa shape index (κ2) is 5.64. The Hall–Kier alpha value is -1.04. The lowest BCUT2D eigenvalue weighted by molar-refractivity contribution is -0.125. The molecule has 0 radical (unpaired) electrons. The Balaban J connectivity index is 4.52. The highest BCUT2D eigenvalue weighted by molar-refractivity contribution is 5.83. The van der Waals surface area contributed by atoms with Gasteiger partial charge in [-0.2, -0.15) is 5.26 Å². The summed E-state index contributed by atoms with van der Waals surface area (Å²) in [7, 11) is 0. The molecule has 3 heteroatoms. The first-order valence-electron chi connectivity index (χ1n) is 5.19. The maximum absolute atomic E-state index is 11.3. The van der Waals surface area contributed by atoms with Gasteiger partial charge in [-0.25, -0.2) is 0 Å². The van der Waals surface area contributed by atoms with Gasteiger partial charge < -0.3 is 5.73 Å². The monoisotopic (exact) mass is 196 g/mol. The molecule has 1 amide bonds. The number of nitrogens with two attached hydrogens (primary N) is 1. The molecule has 1 unspecified atom stereocenters. The molecule has 0 aromatic carbocycles. The van der Waals surface area contributed by atoms with Crippen LogP contribution in [0.3, 0.4) is 0 Å². The van der Waals surface area contributed by atoms with Crippen LogP contribution in [0.15, 0.2) is 0 Å². The molecule has 2 N–H and O–H groups in total. The lowest BCUT2D eigenvalue weighted by Crippen LogP contribution is -2.36. The first-order chi connectivity index (χ1) is 6.48. The van der Waals surface area contributed by atoms with E-state index in [1.54, 1.807) is 0 Å². The minimum absolute atomic E-state index is 0.470. The predicted octanol–water partition coefficient (Wildman–Crippen LogP) is 2.22. The Morgan fingerprint density at radius 3 is 2.36 bits per heavy atom. The van der Waals surface area contributed by atoms with E-state index in [0.717, 1.165) is 12.8 Å². The van der Waals surface area contributed by atoms with Crippen LogP contribution in [0.1, 0.15) is 46.5 Å². The first-order valence-corrected chi connectivity index (χ1v) is 5.19. The van der Waals surface area contributed by atoms with Gasteiger partial charge in [0.25, 0.3) is 0 Å². The lowest BCUT2D eigenvalue weighted by atomic mass is 9.78. The Bertz CT molecular complexity index is 230. The van der Waals surface area contributed by atoms with Crippen LogP contribution in [0, 0.1) is 22.7 Å². The lowest BCUT2D eigenvalue weighted by Gasteiger charge is -2.23. The summed E-state index contributed by atoms with van der Waals surface area (Å²) in [5.74, 6) is 0.0291. The molecule has 80 valence electrons. The van der Waals surface area contributed by atoms with Crippen molar-refractivity contribution in [2.75, 3.05) is 0 Å². The normalized spacial score (nSPS) is 14.8. The van der Waals surface area contributed by atoms with Crippen molar-refractivity contribution >= 4 is 5.91 Å². The van der Waals surface area contributed by atoms with Crippen molar-refractivity contribution in [3.63, 3.8) is 0 Å². The smallest absolute Gasteiger partial charge is 0.237 e. The summed E-state index contributed by atoms with van der Waals surface area (Å²) >= 11 is 0. The van der Waals surface area contributed by atoms with Crippen molar-refractivity contribution < 1.29 is 4.79 Å². The average molecular weight is 196 g/mol. The van der Waals surface area contributed by atoms with Gasteiger partial charge in [-0.15, -0.1) is 0 Å². The Morgan fingerprint density at radius 2 is 2.07 bits per heavy atom. The highest BCUT2D eigenvalue weighted by Gasteiger charge is 2.35. The van der Waals surface area contributed by atoms with E-state index < -0.39 is 11.3 Å². The summed E-state index contributed by atoms with van der Waals surface area (Å²) in [6.07, 6.45) is 2.85. The van der Waals surface area contributed by atoms with Crippen LogP contribution >= 0.6 is 0 Å². The van der Waals surface area contributed by atoms with Gasteiger partial charge >= 0.3 is 0 Å². The highest BCUT2D eigenvalue weighted by Crippen LogP contribution is 2.30. The number of nitriles is 1. The maximum Gasteiger partial charge on any atom is 0.237 e. The van der Waals surface area contributed by atoms with Crippen LogP contribution in [-0.4, -0.2) is 5.91 Å². The van der Waals surface area contributed by atoms with E-state index >= 15 is 0 Å². The molecule has 0 aliphatic carbocycles. The van der Waals surface area contributed by atoms with Crippen molar-refractivity contribution in [1.82, 2.24) is 0 Å². The summed E-state index contributed by atoms with van der Waals surface area (Å²) in [5.41, 5.74) is 4.36. The molecule has 0 aliphatic rings. The molecule has 0 saturated heterocycles. The van der Waals surface area contributed by atoms with Crippen LogP contribution in [0.25, 0.3) is 0 Å². The van der Waals surface area contributed by atoms with Crippen molar-refractivity contribution in [1.29, 1.82) is 5.26 Å². The SMILES string of the molecule is CCCC(C#N)(CCC(C)C)C(N)=O. The van der Waals surface area contributed by atoms with Gasteiger partial charge in [0.2, 0.25) is 5.91 Å². The maximum atomic E-state index is 11.3. The number of carbonyl (C=O) groups is 1. The third-order valence-corrected chi connectivity index (χ3v) is 2.51. The third kappa shape index (κ3) is 3.37. The number of hydrogen-bond acceptors (Lipinski definition) is 2. The zero-order valence-corrected chi connectivity index (χ0v) is 9.34. The standard InChI is InChI=1S/C11H20N2O/c1-4-6-11(8-12,10(13)14)7-5-9(2)3/h9H,4-7H2,1-3H3,(H2,13,14). The molecule has 0 heterocycles. The second-order valence-corrected chi connectivity index (χ2v) is 4.24. The highest BCUT2D eigenvalue weighted by atomic mass is 16.1. The van der Waals surface area contributed by atoms with Gasteiger partial charge in [-0.1, -0.05) is 27.2 Å². The van der Waals surface area contributed by atoms with Gasteiger partial charge in [0.15, 0.2) is 0 Å². The number of nitrogens with zero attached hydrogens (tertiary/aromatic N) is 1. The van der Waals surface area contributed by atoms with Crippen LogP contribution in [0.2, 0.25) is 0 Å². The van der Waals surface area contributed by atoms with E-state index in [4.69, 9.17) is 11.0 Å². The summed E-state index contributed by atoms with van der Waals surface area (Å²) < 4.78 is 0. The third-order valence-electron chi connectivity index (χ3n) is 2.51. The number of amides is 1. The Morgan fingerprint density at radius 1 is 1.50 bits per heavy atom. The van der Waals surface area contributed by atoms with Gasteiger partial charge in [0.1, 0.15) is 5.41 Å². The summed E-state index contributed by atoms with van der Waals surface area (Å²) in [6.45, 7) is 6.12. The fourth-order valence-corrected chi connectivity index (χ4v) is 1.50. The summed E-state index contributed by atoms with van der Waals surface area (Å²) in [6, 6.07) is 2.10. The number of carbonyl (C=O) groups excluding carboxylic acids is 1. The molecule has 0 saturated carbocycles. The van der Waals surface area contributed by atoms with Gasteiger partial charge in [-0.05, 0) is 25.2 Å². The summed E-state index contributed by atoms with van der Waals surface area (Å²) in [4.78, 5) is 11.3. The number of hydrogen-bond donors (Lipinski definition) is 1. The quantitative estimate of drug-likeness (QED) is 0.707. The van der Waals surface area contributed by atoms with Crippen molar-refractivity contribution in [2.45, 2.75) is 46.5 Å². The molecular weight excluding hydrogens is 176 g/mol. The molecule has 0 bridgehead atoms. The van der Waals surface area contributed by atoms with E-state index in [1.807, 2.05) is 6.92 Å². The molecule has 0 rings (SSSR count). The predicted molar refractivity (Wildman–Crippen MR) is 56.2 cm³/mol. The van der Waals surface area contributed by atoms with E-state index in [2.05, 4.69) is 19.9 Å². The van der Waals surface area contributed by atoms with E-state index in [1.165, 1.54) is 0 Å². The van der Waals surface area contributed by atoms with Gasteiger partial charge in [0.05, 0.1) is 6.07 Å². The molecule has 14 heavy (non-hydrogen) atoms. The van der Waals surface area contributed by atoms with Crippen molar-refractivity contribution in [3.8, 4) is 6.07 Å². The van der Waals surface area contributed by atoms with E-state index in [9.17, 15) is 4.79 Å². The zero-order valence-electron chi connectivity index (χ0n) is 9.34. The molecular formula is C11H20N2O. The fraction of sp³-hybridized carbons (Fsp3) is 0.818. The fourth-order valence-electron chi connectivity index (χ4n) is 1.50. The second-order valence-electron chi connectivity index (χ2n) is 4.24. The van der Waals surface area contributed by atoms with Crippen molar-refractivity contribution in [3.05, 3.63) is 0 Å². The van der Waals surface area contributed by atoms with Crippen LogP contribution in [0.4, 0.5) is 0 Å². The molecule has 0 aromatic rings. The minimum Gasteiger partial charge on any atom is -0.368 e. The Kier molecular flexibility index (Phi) is 5.22. The Labute approximate surface area is 86.3 Å². The van der Waals surface area contributed by atoms with Crippen LogP contribution in [0.5, 0.6) is 0 Å². The molecule has 0 aromatic heterocycles. The van der Waals surface area contributed by atoms with Crippen molar-refractivity contribution in [2.24, 2.45) is 17.1 Å². The molecule has 3 nitrogen and oxygen atoms in total. The first kappa shape index (κ1) is 13.0. The van der Waals surface area contributed by atoms with Crippen LogP contribution in [-0.2, 0) is 4.79 Å². The zero-order chi connectivity index (χ0) is 11.2. The van der Waals surface area contributed by atoms with Crippen LogP contribution < -0.4 is 5.73 Å². The van der Waals surface area contributed by atoms with Gasteiger partial charge in [0, 0.05) is 0 Å². The number of rotatable bonds is 6. The molecule has 0 fully saturated rings. The minimum atomic E-state index is -0.932. The molecule has 0 spiro atoms. The van der Waals surface area contributed by atoms with Gasteiger partial charge in [-0.3, -0.25) is 4.79 Å². The molecule has 0 aliphatic heterocycles. The number of primary amides is 1. The summed E-state index contributed by atoms with van der Waals surface area (Å²) in [5, 5.41) is 9.04. The topological polar surface area (TPSA) is 66.9 Å². The largest absolute Gasteiger partial charge is 0.368 e.